The molecule has 1 heteroatoms. The summed E-state index contributed by atoms with van der Waals surface area (Å²) in [5, 5.41) is 0. The van der Waals surface area contributed by atoms with Crippen LogP contribution in [0.3, 0.4) is 0 Å². The fraction of sp³-hybridized carbons (Fsp3) is 0.389. The van der Waals surface area contributed by atoms with Crippen molar-refractivity contribution in [2.75, 3.05) is 0 Å². The molecule has 0 radical (unpaired) electrons. The third kappa shape index (κ3) is 2.70. The second-order valence-electron chi connectivity index (χ2n) is 5.97. The molecule has 0 bridgehead atoms. The first-order valence-corrected chi connectivity index (χ1v) is 7.02. The van der Waals surface area contributed by atoms with Gasteiger partial charge in [-0.2, -0.15) is 0 Å². The highest BCUT2D eigenvalue weighted by molar-refractivity contribution is 5.60. The molecule has 0 spiro atoms. The van der Waals surface area contributed by atoms with Gasteiger partial charge in [0.2, 0.25) is 5.69 Å². The molecule has 0 aliphatic rings. The first-order valence-electron chi connectivity index (χ1n) is 7.02. The maximum absolute atomic E-state index is 2.30. The highest BCUT2D eigenvalue weighted by Gasteiger charge is 2.22. The summed E-state index contributed by atoms with van der Waals surface area (Å²) < 4.78 is 2.25. The molecule has 0 N–H and O–H groups in total. The van der Waals surface area contributed by atoms with Crippen LogP contribution >= 0.6 is 0 Å². The van der Waals surface area contributed by atoms with Crippen molar-refractivity contribution in [2.45, 2.75) is 39.5 Å². The van der Waals surface area contributed by atoms with Crippen molar-refractivity contribution >= 4 is 0 Å². The van der Waals surface area contributed by atoms with Gasteiger partial charge in [0.1, 0.15) is 7.05 Å². The van der Waals surface area contributed by atoms with Crippen molar-refractivity contribution in [2.24, 2.45) is 7.05 Å². The van der Waals surface area contributed by atoms with Crippen LogP contribution in [-0.4, -0.2) is 0 Å². The summed E-state index contributed by atoms with van der Waals surface area (Å²) in [6, 6.07) is 13.1. The number of rotatable bonds is 3. The minimum absolute atomic E-state index is 0.238. The highest BCUT2D eigenvalue weighted by atomic mass is 14.9. The lowest BCUT2D eigenvalue weighted by molar-refractivity contribution is -0.661. The average Bonchev–Trinajstić information content (AvgIpc) is 2.39. The van der Waals surface area contributed by atoms with Crippen LogP contribution < -0.4 is 4.57 Å². The van der Waals surface area contributed by atoms with Gasteiger partial charge < -0.3 is 0 Å². The van der Waals surface area contributed by atoms with Crippen molar-refractivity contribution in [1.82, 2.24) is 0 Å². The summed E-state index contributed by atoms with van der Waals surface area (Å²) in [7, 11) is 2.14. The summed E-state index contributed by atoms with van der Waals surface area (Å²) in [6.07, 6.45) is 3.42. The largest absolute Gasteiger partial charge is 0.212 e. The van der Waals surface area contributed by atoms with Gasteiger partial charge in [0.25, 0.3) is 0 Å². The van der Waals surface area contributed by atoms with Crippen LogP contribution in [0, 0.1) is 6.92 Å². The van der Waals surface area contributed by atoms with Gasteiger partial charge in [-0.1, -0.05) is 39.0 Å². The molecule has 1 nitrogen and oxygen atoms in total. The monoisotopic (exact) mass is 254 g/mol. The van der Waals surface area contributed by atoms with E-state index >= 15 is 0 Å². The number of nitrogens with zero attached hydrogens (tertiary/aromatic N) is 1. The second kappa shape index (κ2) is 5.16. The Bertz CT molecular complexity index is 582. The van der Waals surface area contributed by atoms with E-state index < -0.39 is 0 Å². The van der Waals surface area contributed by atoms with Gasteiger partial charge >= 0.3 is 0 Å². The molecular weight excluding hydrogens is 230 g/mol. The summed E-state index contributed by atoms with van der Waals surface area (Å²) >= 11 is 0. The van der Waals surface area contributed by atoms with Crippen molar-refractivity contribution in [1.29, 1.82) is 0 Å². The molecule has 2 aromatic rings. The van der Waals surface area contributed by atoms with Gasteiger partial charge in [0, 0.05) is 17.2 Å². The van der Waals surface area contributed by atoms with Crippen LogP contribution in [-0.2, 0) is 12.5 Å². The van der Waals surface area contributed by atoms with E-state index in [9.17, 15) is 0 Å². The summed E-state index contributed by atoms with van der Waals surface area (Å²) in [6.45, 7) is 9.01. The first kappa shape index (κ1) is 13.8. The minimum atomic E-state index is 0.238. The van der Waals surface area contributed by atoms with E-state index in [0.29, 0.717) is 0 Å². The van der Waals surface area contributed by atoms with E-state index in [4.69, 9.17) is 0 Å². The van der Waals surface area contributed by atoms with Gasteiger partial charge in [-0.3, -0.25) is 0 Å². The van der Waals surface area contributed by atoms with Crippen LogP contribution in [0.25, 0.3) is 11.3 Å². The van der Waals surface area contributed by atoms with Gasteiger partial charge in [-0.05, 0) is 36.5 Å². The van der Waals surface area contributed by atoms with E-state index in [1.54, 1.807) is 0 Å². The molecule has 0 fully saturated rings. The van der Waals surface area contributed by atoms with E-state index in [1.807, 2.05) is 0 Å². The third-order valence-corrected chi connectivity index (χ3v) is 4.22. The van der Waals surface area contributed by atoms with Crippen LogP contribution in [0.4, 0.5) is 0 Å². The molecule has 0 aliphatic carbocycles. The fourth-order valence-corrected chi connectivity index (χ4v) is 2.35. The van der Waals surface area contributed by atoms with Gasteiger partial charge in [-0.25, -0.2) is 4.57 Å². The van der Waals surface area contributed by atoms with Crippen LogP contribution in [0.15, 0.2) is 42.6 Å². The maximum atomic E-state index is 2.30. The quantitative estimate of drug-likeness (QED) is 0.724. The van der Waals surface area contributed by atoms with Crippen molar-refractivity contribution < 1.29 is 4.57 Å². The molecule has 0 saturated carbocycles. The van der Waals surface area contributed by atoms with Gasteiger partial charge in [0.05, 0.1) is 0 Å². The molecule has 2 rings (SSSR count). The van der Waals surface area contributed by atoms with Gasteiger partial charge in [-0.15, -0.1) is 0 Å². The molecule has 0 amide bonds. The van der Waals surface area contributed by atoms with Crippen molar-refractivity contribution in [3.8, 4) is 11.3 Å². The number of hydrogen-bond donors (Lipinski definition) is 0. The smallest absolute Gasteiger partial charge is 0.201 e. The Kier molecular flexibility index (Phi) is 3.75. The van der Waals surface area contributed by atoms with E-state index in [1.165, 1.54) is 22.4 Å². The number of hydrogen-bond acceptors (Lipinski definition) is 0. The van der Waals surface area contributed by atoms with Gasteiger partial charge in [0.15, 0.2) is 6.20 Å². The molecule has 100 valence electrons. The standard InChI is InChI=1S/C18H24N/c1-6-18(3,4)15-11-12-17(19(5)13-15)16-10-8-7-9-14(16)2/h7-13H,6H2,1-5H3/q+1. The summed E-state index contributed by atoms with van der Waals surface area (Å²) in [5.41, 5.74) is 5.54. The number of benzene rings is 1. The fourth-order valence-electron chi connectivity index (χ4n) is 2.35. The number of pyridine rings is 1. The molecule has 19 heavy (non-hydrogen) atoms. The topological polar surface area (TPSA) is 3.88 Å². The van der Waals surface area contributed by atoms with Crippen molar-refractivity contribution in [3.05, 3.63) is 53.7 Å². The van der Waals surface area contributed by atoms with Crippen LogP contribution in [0.2, 0.25) is 0 Å². The highest BCUT2D eigenvalue weighted by Crippen LogP contribution is 2.27. The predicted octanol–water partition coefficient (Wildman–Crippen LogP) is 4.17. The molecule has 0 aliphatic heterocycles. The Morgan fingerprint density at radius 1 is 1.05 bits per heavy atom. The molecule has 1 aromatic carbocycles. The minimum Gasteiger partial charge on any atom is -0.201 e. The number of aryl methyl sites for hydroxylation is 2. The van der Waals surface area contributed by atoms with E-state index in [-0.39, 0.29) is 5.41 Å². The Hall–Kier alpha value is -1.63. The van der Waals surface area contributed by atoms with Crippen LogP contribution in [0.1, 0.15) is 38.3 Å². The molecular formula is C18H24N+. The molecule has 0 atom stereocenters. The Labute approximate surface area is 116 Å². The molecule has 1 aromatic heterocycles. The third-order valence-electron chi connectivity index (χ3n) is 4.22. The molecule has 1 heterocycles. The summed E-state index contributed by atoms with van der Waals surface area (Å²) in [4.78, 5) is 0. The zero-order valence-electron chi connectivity index (χ0n) is 12.7. The zero-order chi connectivity index (χ0) is 14.0. The van der Waals surface area contributed by atoms with Crippen molar-refractivity contribution in [3.63, 3.8) is 0 Å². The summed E-state index contributed by atoms with van der Waals surface area (Å²) in [5.74, 6) is 0. The Morgan fingerprint density at radius 3 is 2.32 bits per heavy atom. The number of aromatic nitrogens is 1. The maximum Gasteiger partial charge on any atom is 0.212 e. The lowest BCUT2D eigenvalue weighted by Gasteiger charge is -2.21. The average molecular weight is 254 g/mol. The normalized spacial score (nSPS) is 11.6. The lowest BCUT2D eigenvalue weighted by Crippen LogP contribution is -2.33. The van der Waals surface area contributed by atoms with E-state index in [0.717, 1.165) is 6.42 Å². The SMILES string of the molecule is CCC(C)(C)c1ccc(-c2ccccc2C)[n+](C)c1. The molecule has 0 saturated heterocycles. The Balaban J connectivity index is 2.49. The van der Waals surface area contributed by atoms with E-state index in [2.05, 4.69) is 81.9 Å². The lowest BCUT2D eigenvalue weighted by atomic mass is 9.83. The first-order chi connectivity index (χ1) is 8.95. The molecule has 0 unspecified atom stereocenters. The second-order valence-corrected chi connectivity index (χ2v) is 5.97. The zero-order valence-corrected chi connectivity index (χ0v) is 12.7. The Morgan fingerprint density at radius 2 is 1.74 bits per heavy atom. The predicted molar refractivity (Wildman–Crippen MR) is 81.1 cm³/mol. The van der Waals surface area contributed by atoms with Crippen LogP contribution in [0.5, 0.6) is 0 Å².